The minimum absolute atomic E-state index is 0.791. The SMILES string of the molecule is CC1CCN(c2ncnc3sc4c(c23)CCCC4)C1. The zero-order valence-corrected chi connectivity index (χ0v) is 12.2. The molecule has 2 aromatic rings. The monoisotopic (exact) mass is 273 g/mol. The van der Waals surface area contributed by atoms with Gasteiger partial charge in [-0.15, -0.1) is 11.3 Å². The molecule has 100 valence electrons. The van der Waals surface area contributed by atoms with Gasteiger partial charge in [0.1, 0.15) is 17.0 Å². The summed E-state index contributed by atoms with van der Waals surface area (Å²) in [6.45, 7) is 4.64. The van der Waals surface area contributed by atoms with Gasteiger partial charge in [-0.05, 0) is 43.6 Å². The van der Waals surface area contributed by atoms with Crippen molar-refractivity contribution >= 4 is 27.4 Å². The molecule has 3 nitrogen and oxygen atoms in total. The number of aryl methyl sites for hydroxylation is 2. The molecule has 4 heteroatoms. The molecule has 0 bridgehead atoms. The van der Waals surface area contributed by atoms with Crippen LogP contribution in [0.25, 0.3) is 10.2 Å². The Balaban J connectivity index is 1.88. The molecular formula is C15H19N3S. The highest BCUT2D eigenvalue weighted by atomic mass is 32.1. The van der Waals surface area contributed by atoms with Crippen molar-refractivity contribution in [3.8, 4) is 0 Å². The molecule has 0 N–H and O–H groups in total. The van der Waals surface area contributed by atoms with Crippen LogP contribution in [0.4, 0.5) is 5.82 Å². The third-order valence-electron chi connectivity index (χ3n) is 4.45. The number of fused-ring (bicyclic) bond motifs is 3. The molecule has 4 rings (SSSR count). The third kappa shape index (κ3) is 1.84. The predicted octanol–water partition coefficient (Wildman–Crippen LogP) is 3.42. The van der Waals surface area contributed by atoms with Crippen molar-refractivity contribution in [2.45, 2.75) is 39.0 Å². The van der Waals surface area contributed by atoms with E-state index in [0.29, 0.717) is 0 Å². The molecule has 0 aromatic carbocycles. The van der Waals surface area contributed by atoms with Crippen molar-refractivity contribution in [2.75, 3.05) is 18.0 Å². The van der Waals surface area contributed by atoms with E-state index < -0.39 is 0 Å². The maximum atomic E-state index is 4.63. The molecule has 1 atom stereocenters. The first-order valence-electron chi connectivity index (χ1n) is 7.33. The fraction of sp³-hybridized carbons (Fsp3) is 0.600. The summed E-state index contributed by atoms with van der Waals surface area (Å²) < 4.78 is 0. The fourth-order valence-corrected chi connectivity index (χ4v) is 4.66. The summed E-state index contributed by atoms with van der Waals surface area (Å²) in [4.78, 5) is 14.4. The van der Waals surface area contributed by atoms with Crippen LogP contribution >= 0.6 is 11.3 Å². The number of hydrogen-bond donors (Lipinski definition) is 0. The molecule has 1 fully saturated rings. The fourth-order valence-electron chi connectivity index (χ4n) is 3.44. The summed E-state index contributed by atoms with van der Waals surface area (Å²) in [5.41, 5.74) is 1.56. The van der Waals surface area contributed by atoms with Crippen LogP contribution < -0.4 is 4.90 Å². The second-order valence-electron chi connectivity index (χ2n) is 5.93. The highest BCUT2D eigenvalue weighted by Crippen LogP contribution is 2.40. The first-order valence-corrected chi connectivity index (χ1v) is 8.15. The smallest absolute Gasteiger partial charge is 0.141 e. The number of nitrogens with zero attached hydrogens (tertiary/aromatic N) is 3. The maximum absolute atomic E-state index is 4.63. The van der Waals surface area contributed by atoms with Crippen LogP contribution in [0, 0.1) is 5.92 Å². The molecular weight excluding hydrogens is 254 g/mol. The molecule has 1 aliphatic heterocycles. The maximum Gasteiger partial charge on any atom is 0.141 e. The van der Waals surface area contributed by atoms with E-state index in [1.807, 2.05) is 11.3 Å². The van der Waals surface area contributed by atoms with Gasteiger partial charge in [-0.1, -0.05) is 6.92 Å². The lowest BCUT2D eigenvalue weighted by molar-refractivity contribution is 0.659. The molecule has 1 aliphatic carbocycles. The van der Waals surface area contributed by atoms with E-state index in [0.717, 1.165) is 19.0 Å². The van der Waals surface area contributed by atoms with Crippen molar-refractivity contribution in [3.63, 3.8) is 0 Å². The lowest BCUT2D eigenvalue weighted by Gasteiger charge is -2.19. The highest BCUT2D eigenvalue weighted by molar-refractivity contribution is 7.19. The summed E-state index contributed by atoms with van der Waals surface area (Å²) in [5.74, 6) is 1.99. The van der Waals surface area contributed by atoms with Crippen LogP contribution in [0.5, 0.6) is 0 Å². The van der Waals surface area contributed by atoms with E-state index in [4.69, 9.17) is 0 Å². The first kappa shape index (κ1) is 11.6. The Bertz CT molecular complexity index is 619. The summed E-state index contributed by atoms with van der Waals surface area (Å²) >= 11 is 1.90. The molecule has 0 spiro atoms. The summed E-state index contributed by atoms with van der Waals surface area (Å²) in [7, 11) is 0. The Labute approximate surface area is 117 Å². The van der Waals surface area contributed by atoms with Gasteiger partial charge >= 0.3 is 0 Å². The van der Waals surface area contributed by atoms with Crippen molar-refractivity contribution in [3.05, 3.63) is 16.8 Å². The van der Waals surface area contributed by atoms with Gasteiger partial charge in [0.25, 0.3) is 0 Å². The Kier molecular flexibility index (Phi) is 2.72. The lowest BCUT2D eigenvalue weighted by Crippen LogP contribution is -2.21. The van der Waals surface area contributed by atoms with E-state index in [1.165, 1.54) is 48.1 Å². The Morgan fingerprint density at radius 3 is 3.00 bits per heavy atom. The second-order valence-corrected chi connectivity index (χ2v) is 7.01. The molecule has 19 heavy (non-hydrogen) atoms. The van der Waals surface area contributed by atoms with Gasteiger partial charge in [0, 0.05) is 18.0 Å². The molecule has 0 saturated carbocycles. The molecule has 1 saturated heterocycles. The van der Waals surface area contributed by atoms with Crippen molar-refractivity contribution in [1.29, 1.82) is 0 Å². The second kappa shape index (κ2) is 4.44. The first-order chi connectivity index (χ1) is 9.33. The van der Waals surface area contributed by atoms with Crippen molar-refractivity contribution in [1.82, 2.24) is 9.97 Å². The van der Waals surface area contributed by atoms with E-state index >= 15 is 0 Å². The molecule has 2 aromatic heterocycles. The molecule has 3 heterocycles. The van der Waals surface area contributed by atoms with Crippen LogP contribution in [-0.4, -0.2) is 23.1 Å². The van der Waals surface area contributed by atoms with Crippen LogP contribution in [0.3, 0.4) is 0 Å². The molecule has 1 unspecified atom stereocenters. The quantitative estimate of drug-likeness (QED) is 0.797. The lowest BCUT2D eigenvalue weighted by atomic mass is 9.97. The van der Waals surface area contributed by atoms with Crippen LogP contribution in [0.15, 0.2) is 6.33 Å². The van der Waals surface area contributed by atoms with Crippen molar-refractivity contribution < 1.29 is 0 Å². The number of thiophene rings is 1. The topological polar surface area (TPSA) is 29.0 Å². The largest absolute Gasteiger partial charge is 0.356 e. The third-order valence-corrected chi connectivity index (χ3v) is 5.65. The van der Waals surface area contributed by atoms with Gasteiger partial charge < -0.3 is 4.90 Å². The summed E-state index contributed by atoms with van der Waals surface area (Å²) in [6, 6.07) is 0. The van der Waals surface area contributed by atoms with E-state index in [9.17, 15) is 0 Å². The minimum atomic E-state index is 0.791. The average Bonchev–Trinajstić information content (AvgIpc) is 3.01. The predicted molar refractivity (Wildman–Crippen MR) is 80.1 cm³/mol. The van der Waals surface area contributed by atoms with E-state index in [-0.39, 0.29) is 0 Å². The molecule has 0 amide bonds. The highest BCUT2D eigenvalue weighted by Gasteiger charge is 2.25. The normalized spacial score (nSPS) is 23.0. The molecule has 0 radical (unpaired) electrons. The van der Waals surface area contributed by atoms with Gasteiger partial charge in [-0.25, -0.2) is 9.97 Å². The average molecular weight is 273 g/mol. The van der Waals surface area contributed by atoms with Crippen LogP contribution in [0.2, 0.25) is 0 Å². The van der Waals surface area contributed by atoms with E-state index in [1.54, 1.807) is 16.8 Å². The molecule has 2 aliphatic rings. The van der Waals surface area contributed by atoms with Crippen LogP contribution in [-0.2, 0) is 12.8 Å². The number of rotatable bonds is 1. The van der Waals surface area contributed by atoms with Gasteiger partial charge in [-0.3, -0.25) is 0 Å². The summed E-state index contributed by atoms with van der Waals surface area (Å²) in [5, 5.41) is 1.37. The van der Waals surface area contributed by atoms with Crippen LogP contribution in [0.1, 0.15) is 36.6 Å². The zero-order chi connectivity index (χ0) is 12.8. The van der Waals surface area contributed by atoms with Gasteiger partial charge in [0.15, 0.2) is 0 Å². The van der Waals surface area contributed by atoms with Gasteiger partial charge in [0.05, 0.1) is 5.39 Å². The number of aromatic nitrogens is 2. The number of hydrogen-bond acceptors (Lipinski definition) is 4. The minimum Gasteiger partial charge on any atom is -0.356 e. The standard InChI is InChI=1S/C15H19N3S/c1-10-6-7-18(8-10)14-13-11-4-2-3-5-12(11)19-15(13)17-9-16-14/h9-10H,2-8H2,1H3. The number of anilines is 1. The summed E-state index contributed by atoms with van der Waals surface area (Å²) in [6.07, 6.45) is 8.17. The van der Waals surface area contributed by atoms with Gasteiger partial charge in [-0.2, -0.15) is 0 Å². The Morgan fingerprint density at radius 1 is 1.26 bits per heavy atom. The Morgan fingerprint density at radius 2 is 2.16 bits per heavy atom. The zero-order valence-electron chi connectivity index (χ0n) is 11.4. The Hall–Kier alpha value is -1.16. The van der Waals surface area contributed by atoms with E-state index in [2.05, 4.69) is 21.8 Å². The van der Waals surface area contributed by atoms with Gasteiger partial charge in [0.2, 0.25) is 0 Å². The van der Waals surface area contributed by atoms with Crippen molar-refractivity contribution in [2.24, 2.45) is 5.92 Å².